The molecule has 2 rings (SSSR count). The summed E-state index contributed by atoms with van der Waals surface area (Å²) in [5.41, 5.74) is 0. The van der Waals surface area contributed by atoms with Crippen molar-refractivity contribution in [3.63, 3.8) is 0 Å². The third kappa shape index (κ3) is 16.4. The fraction of sp³-hybridized carbons (Fsp3) is 0.833. The number of alkyl halides is 6. The predicted octanol–water partition coefficient (Wildman–Crippen LogP) is 3.55. The lowest BCUT2D eigenvalue weighted by Crippen LogP contribution is -2.68. The summed E-state index contributed by atoms with van der Waals surface area (Å²) < 4.78 is 46.1. The van der Waals surface area contributed by atoms with Crippen LogP contribution in [0.15, 0.2) is 0 Å². The molecule has 2 heterocycles. The zero-order valence-corrected chi connectivity index (χ0v) is 36.5. The maximum atomic E-state index is 12.9. The molecule has 2 aliphatic heterocycles. The Balaban J connectivity index is 2.52. The zero-order valence-electron chi connectivity index (χ0n) is 31.0. The van der Waals surface area contributed by atoms with E-state index in [-0.39, 0.29) is 0 Å². The molecule has 10 atom stereocenters. The largest absolute Gasteiger partial charge is 0.463 e. The molecule has 0 aromatic rings. The minimum absolute atomic E-state index is 0.427. The van der Waals surface area contributed by atoms with Gasteiger partial charge in [-0.3, -0.25) is 14.4 Å². The first-order chi connectivity index (χ1) is 25.0. The van der Waals surface area contributed by atoms with Gasteiger partial charge >= 0.3 is 30.1 Å². The van der Waals surface area contributed by atoms with E-state index in [9.17, 15) is 34.2 Å². The minimum atomic E-state index is -2.78. The quantitative estimate of drug-likeness (QED) is 0.0895. The maximum absolute atomic E-state index is 12.9. The van der Waals surface area contributed by atoms with E-state index in [1.165, 1.54) is 0 Å². The second-order valence-electron chi connectivity index (χ2n) is 13.9. The second kappa shape index (κ2) is 20.6. The van der Waals surface area contributed by atoms with Crippen LogP contribution >= 0.6 is 69.6 Å². The normalized spacial score (nSPS) is 29.0. The van der Waals surface area contributed by atoms with Crippen LogP contribution in [0.4, 0.5) is 9.59 Å². The molecule has 0 aliphatic carbocycles. The number of ether oxygens (including phenoxy) is 8. The van der Waals surface area contributed by atoms with E-state index in [4.69, 9.17) is 112 Å². The fourth-order valence-corrected chi connectivity index (χ4v) is 6.57. The number of aliphatic hydroxyl groups is 2. The number of carbonyl (C=O) groups excluding carboxylic acids is 5. The predicted molar refractivity (Wildman–Crippen MR) is 198 cm³/mol. The van der Waals surface area contributed by atoms with Crippen LogP contribution < -0.4 is 10.6 Å². The van der Waals surface area contributed by atoms with Crippen LogP contribution in [0.25, 0.3) is 0 Å². The summed E-state index contributed by atoms with van der Waals surface area (Å²) in [5.74, 6) is -2.52. The van der Waals surface area contributed by atoms with Crippen molar-refractivity contribution in [3.05, 3.63) is 0 Å². The molecule has 2 fully saturated rings. The number of amides is 2. The molecule has 55 heavy (non-hydrogen) atoms. The second-order valence-corrected chi connectivity index (χ2v) is 23.7. The highest BCUT2D eigenvalue weighted by atomic mass is 35.6. The molecule has 4 unspecified atom stereocenters. The summed E-state index contributed by atoms with van der Waals surface area (Å²) >= 11 is 34.2. The van der Waals surface area contributed by atoms with Gasteiger partial charge in [-0.1, -0.05) is 90.4 Å². The van der Waals surface area contributed by atoms with Crippen molar-refractivity contribution in [1.29, 1.82) is 0 Å². The van der Waals surface area contributed by atoms with Crippen LogP contribution in [0.2, 0.25) is 18.1 Å². The first kappa shape index (κ1) is 49.8. The van der Waals surface area contributed by atoms with Crippen LogP contribution in [-0.4, -0.2) is 144 Å². The highest BCUT2D eigenvalue weighted by molar-refractivity contribution is 6.74. The number of carbonyl (C=O) groups is 5. The van der Waals surface area contributed by atoms with Crippen LogP contribution in [0, 0.1) is 0 Å². The SMILES string of the molecule is CC(=O)OCC1O[C@@H](OCC2O[C@@H](O)C(NC(=O)OCC(Cl)(Cl)Cl)[C@@H](O[Si](C)(C)C(C)(C)C)[C@@H]2O)C(NC(=O)OCC(Cl)(Cl)Cl)[C@@H](OC(C)=O)[C@@H]1OC(C)=O. The summed E-state index contributed by atoms with van der Waals surface area (Å²) in [4.78, 5) is 61.9. The van der Waals surface area contributed by atoms with Gasteiger partial charge in [0.25, 0.3) is 0 Å². The first-order valence-corrected chi connectivity index (χ1v) is 21.6. The Morgan fingerprint density at radius 3 is 1.62 bits per heavy atom. The molecule has 0 radical (unpaired) electrons. The molecule has 0 aromatic heterocycles. The Morgan fingerprint density at radius 1 is 0.673 bits per heavy atom. The van der Waals surface area contributed by atoms with Gasteiger partial charge in [0.2, 0.25) is 7.59 Å². The van der Waals surface area contributed by atoms with Gasteiger partial charge in [-0.05, 0) is 18.1 Å². The Kier molecular flexibility index (Phi) is 18.6. The van der Waals surface area contributed by atoms with Crippen molar-refractivity contribution >= 4 is 108 Å². The van der Waals surface area contributed by atoms with Gasteiger partial charge in [0, 0.05) is 20.8 Å². The molecular weight excluding hydrogens is 885 g/mol. The van der Waals surface area contributed by atoms with E-state index in [1.54, 1.807) is 0 Å². The van der Waals surface area contributed by atoms with Crippen molar-refractivity contribution in [3.8, 4) is 0 Å². The lowest BCUT2D eigenvalue weighted by molar-refractivity contribution is -0.299. The molecule has 2 amide bonds. The average molecular weight is 932 g/mol. The molecule has 25 heteroatoms. The monoisotopic (exact) mass is 928 g/mol. The molecule has 0 saturated carbocycles. The van der Waals surface area contributed by atoms with Gasteiger partial charge in [0.05, 0.1) is 12.7 Å². The van der Waals surface area contributed by atoms with Crippen LogP contribution in [0.5, 0.6) is 0 Å². The third-order valence-corrected chi connectivity index (χ3v) is 13.5. The number of rotatable bonds is 13. The molecule has 0 bridgehead atoms. The lowest BCUT2D eigenvalue weighted by Gasteiger charge is -2.48. The minimum Gasteiger partial charge on any atom is -0.463 e. The van der Waals surface area contributed by atoms with E-state index in [0.717, 1.165) is 20.8 Å². The fourth-order valence-electron chi connectivity index (χ4n) is 4.92. The third-order valence-electron chi connectivity index (χ3n) is 8.36. The van der Waals surface area contributed by atoms with Gasteiger partial charge in [-0.15, -0.1) is 0 Å². The summed E-state index contributed by atoms with van der Waals surface area (Å²) in [6.45, 7) is 10.1. The van der Waals surface area contributed by atoms with Crippen molar-refractivity contribution < 1.29 is 76.5 Å². The molecule has 0 spiro atoms. The van der Waals surface area contributed by atoms with E-state index < -0.39 is 139 Å². The van der Waals surface area contributed by atoms with Crippen LogP contribution in [0.1, 0.15) is 41.5 Å². The standard InChI is InChI=1S/C30H46Cl6N2O16Si/c1-13(39)46-10-17-21(50-14(2)40)23(51-15(3)41)19(38-27(45)49-12-30(34,35)36)25(53-17)47-9-16-20(42)22(54-55(7,8)28(4,5)6)18(24(43)52-16)37-26(44)48-11-29(31,32)33/h16-25,42-43H,9-12H2,1-8H3,(H,37,44)(H,38,45)/t16?,17?,18?,19?,20-,21-,22-,23-,24-,25-/m1/s1. The number of alkyl carbamates (subject to hydrolysis) is 2. The topological polar surface area (TPSA) is 233 Å². The zero-order chi connectivity index (χ0) is 42.3. The first-order valence-electron chi connectivity index (χ1n) is 16.5. The summed E-state index contributed by atoms with van der Waals surface area (Å²) in [7, 11) is -2.78. The number of halogens is 6. The molecule has 18 nitrogen and oxygen atoms in total. The number of esters is 3. The highest BCUT2D eigenvalue weighted by Gasteiger charge is 2.54. The van der Waals surface area contributed by atoms with Gasteiger partial charge in [-0.25, -0.2) is 9.59 Å². The molecule has 318 valence electrons. The highest BCUT2D eigenvalue weighted by Crippen LogP contribution is 2.40. The molecule has 0 aromatic carbocycles. The smallest absolute Gasteiger partial charge is 0.407 e. The van der Waals surface area contributed by atoms with E-state index in [0.29, 0.717) is 0 Å². The Labute approximate surface area is 348 Å². The van der Waals surface area contributed by atoms with E-state index in [1.807, 2.05) is 33.9 Å². The van der Waals surface area contributed by atoms with Gasteiger partial charge in [0.15, 0.2) is 33.1 Å². The average Bonchev–Trinajstić information content (AvgIpc) is 3.01. The van der Waals surface area contributed by atoms with Crippen LogP contribution in [0.3, 0.4) is 0 Å². The number of aliphatic hydroxyl groups excluding tert-OH is 2. The van der Waals surface area contributed by atoms with E-state index in [2.05, 4.69) is 10.6 Å². The molecule has 4 N–H and O–H groups in total. The van der Waals surface area contributed by atoms with Crippen LogP contribution in [-0.2, 0) is 56.7 Å². The van der Waals surface area contributed by atoms with Gasteiger partial charge in [-0.2, -0.15) is 0 Å². The lowest BCUT2D eigenvalue weighted by atomic mass is 9.95. The van der Waals surface area contributed by atoms with Crippen molar-refractivity contribution in [2.75, 3.05) is 26.4 Å². The molecular formula is C30H46Cl6N2O16Si. The molecule has 2 aliphatic rings. The number of hydrogen-bond acceptors (Lipinski definition) is 16. The maximum Gasteiger partial charge on any atom is 0.407 e. The van der Waals surface area contributed by atoms with Crippen molar-refractivity contribution in [2.24, 2.45) is 0 Å². The Morgan fingerprint density at radius 2 is 1.16 bits per heavy atom. The Hall–Kier alpha value is -1.33. The Bertz CT molecular complexity index is 1350. The van der Waals surface area contributed by atoms with E-state index >= 15 is 0 Å². The number of hydrogen-bond donors (Lipinski definition) is 4. The van der Waals surface area contributed by atoms with Crippen molar-refractivity contribution in [1.82, 2.24) is 10.6 Å². The summed E-state index contributed by atoms with van der Waals surface area (Å²) in [6.07, 6.45) is -14.8. The van der Waals surface area contributed by atoms with Gasteiger partial charge in [0.1, 0.15) is 50.2 Å². The van der Waals surface area contributed by atoms with Crippen molar-refractivity contribution in [2.45, 2.75) is 129 Å². The summed E-state index contributed by atoms with van der Waals surface area (Å²) in [5, 5.41) is 27.2. The summed E-state index contributed by atoms with van der Waals surface area (Å²) in [6, 6.07) is -3.00. The number of nitrogens with one attached hydrogen (secondary N) is 2. The van der Waals surface area contributed by atoms with Gasteiger partial charge < -0.3 is 63.2 Å². The molecule has 2 saturated heterocycles.